The van der Waals surface area contributed by atoms with Gasteiger partial charge in [0.1, 0.15) is 5.82 Å². The molecule has 114 valence electrons. The minimum absolute atomic E-state index is 0.0130. The summed E-state index contributed by atoms with van der Waals surface area (Å²) < 4.78 is 41.4. The molecule has 1 unspecified atom stereocenters. The Morgan fingerprint density at radius 3 is 2.80 bits per heavy atom. The SMILES string of the molecule is CC(C)c1nsc(NC2CCCN(CC(F)(F)F)C2)n1. The molecule has 0 amide bonds. The Hall–Kier alpha value is -0.890. The zero-order valence-electron chi connectivity index (χ0n) is 11.6. The maximum absolute atomic E-state index is 12.4. The molecule has 1 saturated heterocycles. The predicted molar refractivity (Wildman–Crippen MR) is 73.1 cm³/mol. The maximum atomic E-state index is 12.4. The monoisotopic (exact) mass is 308 g/mol. The first-order chi connectivity index (χ1) is 9.33. The Morgan fingerprint density at radius 2 is 2.20 bits per heavy atom. The number of anilines is 1. The van der Waals surface area contributed by atoms with Crippen molar-refractivity contribution < 1.29 is 13.2 Å². The highest BCUT2D eigenvalue weighted by atomic mass is 32.1. The largest absolute Gasteiger partial charge is 0.401 e. The van der Waals surface area contributed by atoms with Crippen LogP contribution in [-0.2, 0) is 0 Å². The zero-order chi connectivity index (χ0) is 14.8. The number of hydrogen-bond acceptors (Lipinski definition) is 5. The molecule has 0 aliphatic carbocycles. The van der Waals surface area contributed by atoms with Crippen LogP contribution in [0.3, 0.4) is 0 Å². The van der Waals surface area contributed by atoms with Gasteiger partial charge in [-0.15, -0.1) is 0 Å². The number of alkyl halides is 3. The van der Waals surface area contributed by atoms with Crippen LogP contribution in [0.5, 0.6) is 0 Å². The predicted octanol–water partition coefficient (Wildman–Crippen LogP) is 3.10. The Morgan fingerprint density at radius 1 is 1.45 bits per heavy atom. The van der Waals surface area contributed by atoms with Crippen molar-refractivity contribution in [3.05, 3.63) is 5.82 Å². The van der Waals surface area contributed by atoms with E-state index in [2.05, 4.69) is 14.7 Å². The Balaban J connectivity index is 1.89. The minimum Gasteiger partial charge on any atom is -0.356 e. The standard InChI is InChI=1S/C12H19F3N4S/c1-8(2)10-17-11(20-18-10)16-9-4-3-5-19(6-9)7-12(13,14)15/h8-9H,3-7H2,1-2H3,(H,16,17,18). The lowest BCUT2D eigenvalue weighted by Gasteiger charge is -2.33. The lowest BCUT2D eigenvalue weighted by atomic mass is 10.1. The van der Waals surface area contributed by atoms with Gasteiger partial charge in [0.15, 0.2) is 0 Å². The first-order valence-corrected chi connectivity index (χ1v) is 7.50. The molecule has 1 aromatic rings. The van der Waals surface area contributed by atoms with E-state index in [1.807, 2.05) is 13.8 Å². The minimum atomic E-state index is -4.13. The quantitative estimate of drug-likeness (QED) is 0.928. The second kappa shape index (κ2) is 6.26. The smallest absolute Gasteiger partial charge is 0.356 e. The van der Waals surface area contributed by atoms with E-state index >= 15 is 0 Å². The van der Waals surface area contributed by atoms with Crippen molar-refractivity contribution in [2.24, 2.45) is 0 Å². The van der Waals surface area contributed by atoms with Crippen molar-refractivity contribution in [1.82, 2.24) is 14.3 Å². The van der Waals surface area contributed by atoms with Gasteiger partial charge in [-0.25, -0.2) is 4.98 Å². The fourth-order valence-electron chi connectivity index (χ4n) is 2.27. The first-order valence-electron chi connectivity index (χ1n) is 6.73. The summed E-state index contributed by atoms with van der Waals surface area (Å²) >= 11 is 1.27. The summed E-state index contributed by atoms with van der Waals surface area (Å²) in [6.07, 6.45) is -2.50. The molecule has 1 atom stereocenters. The molecule has 0 radical (unpaired) electrons. The van der Waals surface area contributed by atoms with E-state index in [1.165, 1.54) is 16.4 Å². The van der Waals surface area contributed by atoms with Gasteiger partial charge in [-0.2, -0.15) is 17.5 Å². The summed E-state index contributed by atoms with van der Waals surface area (Å²) in [6, 6.07) is 0.0130. The summed E-state index contributed by atoms with van der Waals surface area (Å²) in [5.74, 6) is 1.04. The molecule has 8 heteroatoms. The highest BCUT2D eigenvalue weighted by Crippen LogP contribution is 2.23. The van der Waals surface area contributed by atoms with Gasteiger partial charge >= 0.3 is 6.18 Å². The number of aromatic nitrogens is 2. The van der Waals surface area contributed by atoms with Gasteiger partial charge in [0.05, 0.1) is 6.54 Å². The normalized spacial score (nSPS) is 21.4. The zero-order valence-corrected chi connectivity index (χ0v) is 12.4. The summed E-state index contributed by atoms with van der Waals surface area (Å²) in [5, 5.41) is 3.91. The van der Waals surface area contributed by atoms with Gasteiger partial charge in [-0.1, -0.05) is 13.8 Å². The van der Waals surface area contributed by atoms with E-state index < -0.39 is 12.7 Å². The van der Waals surface area contributed by atoms with Crippen LogP contribution in [0.2, 0.25) is 0 Å². The third-order valence-electron chi connectivity index (χ3n) is 3.19. The van der Waals surface area contributed by atoms with Gasteiger partial charge in [-0.05, 0) is 19.4 Å². The molecular weight excluding hydrogens is 289 g/mol. The van der Waals surface area contributed by atoms with Gasteiger partial charge in [0, 0.05) is 30.0 Å². The molecule has 1 N–H and O–H groups in total. The fraction of sp³-hybridized carbons (Fsp3) is 0.833. The van der Waals surface area contributed by atoms with Crippen LogP contribution < -0.4 is 5.32 Å². The van der Waals surface area contributed by atoms with Gasteiger partial charge in [0.2, 0.25) is 5.13 Å². The Bertz CT molecular complexity index is 433. The van der Waals surface area contributed by atoms with Crippen molar-refractivity contribution >= 4 is 16.7 Å². The average molecular weight is 308 g/mol. The third kappa shape index (κ3) is 4.59. The molecule has 2 rings (SSSR count). The van der Waals surface area contributed by atoms with Crippen LogP contribution >= 0.6 is 11.5 Å². The molecule has 1 aromatic heterocycles. The van der Waals surface area contributed by atoms with Crippen LogP contribution in [0, 0.1) is 0 Å². The third-order valence-corrected chi connectivity index (χ3v) is 3.85. The number of rotatable bonds is 4. The lowest BCUT2D eigenvalue weighted by molar-refractivity contribution is -0.147. The Labute approximate surface area is 120 Å². The molecule has 0 bridgehead atoms. The molecule has 0 saturated carbocycles. The van der Waals surface area contributed by atoms with E-state index in [-0.39, 0.29) is 12.0 Å². The molecule has 4 nitrogen and oxygen atoms in total. The van der Waals surface area contributed by atoms with E-state index in [0.29, 0.717) is 18.2 Å². The van der Waals surface area contributed by atoms with E-state index in [1.54, 1.807) is 0 Å². The highest BCUT2D eigenvalue weighted by Gasteiger charge is 2.33. The summed E-state index contributed by atoms with van der Waals surface area (Å²) in [5.41, 5.74) is 0. The van der Waals surface area contributed by atoms with Crippen molar-refractivity contribution in [3.63, 3.8) is 0 Å². The summed E-state index contributed by atoms with van der Waals surface area (Å²) in [7, 11) is 0. The van der Waals surface area contributed by atoms with Crippen molar-refractivity contribution in [3.8, 4) is 0 Å². The number of piperidine rings is 1. The highest BCUT2D eigenvalue weighted by molar-refractivity contribution is 7.09. The average Bonchev–Trinajstić information content (AvgIpc) is 2.75. The number of halogens is 3. The van der Waals surface area contributed by atoms with Crippen molar-refractivity contribution in [2.75, 3.05) is 25.0 Å². The van der Waals surface area contributed by atoms with Crippen LogP contribution in [0.15, 0.2) is 0 Å². The summed E-state index contributed by atoms with van der Waals surface area (Å²) in [6.45, 7) is 4.09. The lowest BCUT2D eigenvalue weighted by Crippen LogP contribution is -2.45. The molecule has 1 fully saturated rings. The number of nitrogens with one attached hydrogen (secondary N) is 1. The molecule has 1 aliphatic heterocycles. The first kappa shape index (κ1) is 15.5. The van der Waals surface area contributed by atoms with Crippen molar-refractivity contribution in [1.29, 1.82) is 0 Å². The van der Waals surface area contributed by atoms with Crippen LogP contribution in [-0.4, -0.2) is 46.1 Å². The van der Waals surface area contributed by atoms with E-state index in [4.69, 9.17) is 0 Å². The summed E-state index contributed by atoms with van der Waals surface area (Å²) in [4.78, 5) is 5.81. The van der Waals surface area contributed by atoms with Crippen LogP contribution in [0.4, 0.5) is 18.3 Å². The molecule has 0 spiro atoms. The molecule has 0 aromatic carbocycles. The second-order valence-electron chi connectivity index (χ2n) is 5.45. The van der Waals surface area contributed by atoms with Gasteiger partial charge in [-0.3, -0.25) is 4.90 Å². The van der Waals surface area contributed by atoms with Crippen LogP contribution in [0.25, 0.3) is 0 Å². The molecule has 2 heterocycles. The van der Waals surface area contributed by atoms with Gasteiger partial charge in [0.25, 0.3) is 0 Å². The van der Waals surface area contributed by atoms with E-state index in [0.717, 1.165) is 18.7 Å². The maximum Gasteiger partial charge on any atom is 0.401 e. The molecule has 20 heavy (non-hydrogen) atoms. The topological polar surface area (TPSA) is 41.1 Å². The number of nitrogens with zero attached hydrogens (tertiary/aromatic N) is 3. The number of hydrogen-bond donors (Lipinski definition) is 1. The van der Waals surface area contributed by atoms with Crippen molar-refractivity contribution in [2.45, 2.75) is 44.8 Å². The second-order valence-corrected chi connectivity index (χ2v) is 6.20. The molecular formula is C12H19F3N4S. The fourth-order valence-corrected chi connectivity index (χ4v) is 3.06. The van der Waals surface area contributed by atoms with Crippen LogP contribution in [0.1, 0.15) is 38.4 Å². The van der Waals surface area contributed by atoms with E-state index in [9.17, 15) is 13.2 Å². The number of likely N-dealkylation sites (tertiary alicyclic amines) is 1. The Kier molecular flexibility index (Phi) is 4.85. The molecule has 1 aliphatic rings. The van der Waals surface area contributed by atoms with Gasteiger partial charge < -0.3 is 5.32 Å².